The van der Waals surface area contributed by atoms with Crippen LogP contribution in [0.5, 0.6) is 5.75 Å². The van der Waals surface area contributed by atoms with E-state index >= 15 is 0 Å². The summed E-state index contributed by atoms with van der Waals surface area (Å²) in [5.41, 5.74) is 1.47. The second kappa shape index (κ2) is 8.81. The molecule has 2 N–H and O–H groups in total. The minimum Gasteiger partial charge on any atom is -0.491 e. The molecule has 128 valence electrons. The number of benzene rings is 2. The van der Waals surface area contributed by atoms with Crippen LogP contribution in [0.2, 0.25) is 0 Å². The number of carbonyl (C=O) groups is 1. The molecule has 6 heteroatoms. The van der Waals surface area contributed by atoms with Gasteiger partial charge < -0.3 is 10.1 Å². The third-order valence-corrected chi connectivity index (χ3v) is 3.76. The number of para-hydroxylation sites is 1. The topological polar surface area (TPSA) is 74.2 Å². The lowest BCUT2D eigenvalue weighted by Crippen LogP contribution is -2.34. The van der Waals surface area contributed by atoms with Crippen molar-refractivity contribution >= 4 is 28.9 Å². The van der Waals surface area contributed by atoms with Gasteiger partial charge >= 0.3 is 0 Å². The fourth-order valence-electron chi connectivity index (χ4n) is 2.02. The van der Waals surface area contributed by atoms with Crippen LogP contribution in [0.15, 0.2) is 48.5 Å². The molecular formula is C19H19N3O2S. The molecule has 0 aliphatic heterocycles. The van der Waals surface area contributed by atoms with Crippen molar-refractivity contribution in [3.63, 3.8) is 0 Å². The molecule has 1 atom stereocenters. The van der Waals surface area contributed by atoms with E-state index in [9.17, 15) is 4.79 Å². The summed E-state index contributed by atoms with van der Waals surface area (Å²) in [6.45, 7) is 4.04. The standard InChI is InChI=1S/C19H19N3O2S/c1-3-13(2)24-16-10-8-14(9-11-16)18(23)22-19(25)21-17-7-5-4-6-15(17)12-20/h4-11,13H,3H2,1-2H3,(H2,21,22,23,25). The summed E-state index contributed by atoms with van der Waals surface area (Å²) in [5, 5.41) is 14.7. The zero-order valence-electron chi connectivity index (χ0n) is 14.1. The van der Waals surface area contributed by atoms with Crippen LogP contribution in [-0.4, -0.2) is 17.1 Å². The van der Waals surface area contributed by atoms with Crippen molar-refractivity contribution in [2.45, 2.75) is 26.4 Å². The van der Waals surface area contributed by atoms with E-state index in [1.165, 1.54) is 0 Å². The number of rotatable bonds is 5. The first-order chi connectivity index (χ1) is 12.0. The van der Waals surface area contributed by atoms with Gasteiger partial charge in [-0.05, 0) is 62.0 Å². The van der Waals surface area contributed by atoms with Crippen LogP contribution in [-0.2, 0) is 0 Å². The lowest BCUT2D eigenvalue weighted by atomic mass is 10.2. The molecule has 0 saturated carbocycles. The highest BCUT2D eigenvalue weighted by Gasteiger charge is 2.10. The fraction of sp³-hybridized carbons (Fsp3) is 0.211. The van der Waals surface area contributed by atoms with Crippen molar-refractivity contribution < 1.29 is 9.53 Å². The number of hydrogen-bond acceptors (Lipinski definition) is 4. The van der Waals surface area contributed by atoms with Gasteiger partial charge in [-0.15, -0.1) is 0 Å². The van der Waals surface area contributed by atoms with E-state index in [1.807, 2.05) is 13.8 Å². The van der Waals surface area contributed by atoms with Crippen LogP contribution in [0, 0.1) is 11.3 Å². The smallest absolute Gasteiger partial charge is 0.257 e. The van der Waals surface area contributed by atoms with Gasteiger partial charge in [-0.2, -0.15) is 5.26 Å². The predicted octanol–water partition coefficient (Wildman–Crippen LogP) is 3.86. The Morgan fingerprint density at radius 3 is 2.56 bits per heavy atom. The summed E-state index contributed by atoms with van der Waals surface area (Å²) in [6, 6.07) is 15.9. The number of nitrogens with zero attached hydrogens (tertiary/aromatic N) is 1. The van der Waals surface area contributed by atoms with Gasteiger partial charge in [-0.25, -0.2) is 0 Å². The Morgan fingerprint density at radius 2 is 1.92 bits per heavy atom. The van der Waals surface area contributed by atoms with E-state index in [-0.39, 0.29) is 17.1 Å². The van der Waals surface area contributed by atoms with E-state index in [0.717, 1.165) is 12.2 Å². The molecule has 0 aliphatic rings. The minimum absolute atomic E-state index is 0.122. The van der Waals surface area contributed by atoms with E-state index in [0.29, 0.717) is 16.8 Å². The highest BCUT2D eigenvalue weighted by Crippen LogP contribution is 2.15. The molecule has 1 amide bonds. The minimum atomic E-state index is -0.331. The average molecular weight is 353 g/mol. The Bertz CT molecular complexity index is 797. The molecule has 0 spiro atoms. The highest BCUT2D eigenvalue weighted by atomic mass is 32.1. The van der Waals surface area contributed by atoms with Gasteiger partial charge in [-0.1, -0.05) is 19.1 Å². The largest absolute Gasteiger partial charge is 0.491 e. The molecule has 1 unspecified atom stereocenters. The Hall–Kier alpha value is -2.91. The SMILES string of the molecule is CCC(C)Oc1ccc(C(=O)NC(=S)Nc2ccccc2C#N)cc1. The molecule has 0 aromatic heterocycles. The van der Waals surface area contributed by atoms with Crippen LogP contribution in [0.4, 0.5) is 5.69 Å². The van der Waals surface area contributed by atoms with Crippen molar-refractivity contribution in [3.05, 3.63) is 59.7 Å². The predicted molar refractivity (Wildman–Crippen MR) is 102 cm³/mol. The molecule has 2 aromatic carbocycles. The van der Waals surface area contributed by atoms with Crippen LogP contribution in [0.25, 0.3) is 0 Å². The van der Waals surface area contributed by atoms with E-state index in [2.05, 4.69) is 16.7 Å². The molecular weight excluding hydrogens is 334 g/mol. The maximum absolute atomic E-state index is 12.2. The van der Waals surface area contributed by atoms with Gasteiger partial charge in [0, 0.05) is 5.56 Å². The maximum Gasteiger partial charge on any atom is 0.257 e. The zero-order valence-corrected chi connectivity index (χ0v) is 14.9. The zero-order chi connectivity index (χ0) is 18.2. The monoisotopic (exact) mass is 353 g/mol. The lowest BCUT2D eigenvalue weighted by molar-refractivity contribution is 0.0977. The van der Waals surface area contributed by atoms with Gasteiger partial charge in [0.1, 0.15) is 11.8 Å². The normalized spacial score (nSPS) is 11.1. The van der Waals surface area contributed by atoms with Crippen molar-refractivity contribution in [1.29, 1.82) is 5.26 Å². The Labute approximate surface area is 152 Å². The van der Waals surface area contributed by atoms with Crippen LogP contribution < -0.4 is 15.4 Å². The number of nitriles is 1. The van der Waals surface area contributed by atoms with Crippen LogP contribution in [0.1, 0.15) is 36.2 Å². The van der Waals surface area contributed by atoms with Gasteiger partial charge in [0.2, 0.25) is 0 Å². The number of anilines is 1. The number of thiocarbonyl (C=S) groups is 1. The molecule has 5 nitrogen and oxygen atoms in total. The first kappa shape index (κ1) is 18.4. The number of hydrogen-bond donors (Lipinski definition) is 2. The van der Waals surface area contributed by atoms with Crippen LogP contribution >= 0.6 is 12.2 Å². The molecule has 0 bridgehead atoms. The average Bonchev–Trinajstić information content (AvgIpc) is 2.62. The summed E-state index contributed by atoms with van der Waals surface area (Å²) in [5.74, 6) is 0.386. The molecule has 25 heavy (non-hydrogen) atoms. The van der Waals surface area contributed by atoms with Gasteiger partial charge in [-0.3, -0.25) is 10.1 Å². The van der Waals surface area contributed by atoms with Gasteiger partial charge in [0.25, 0.3) is 5.91 Å². The molecule has 0 radical (unpaired) electrons. The second-order valence-electron chi connectivity index (χ2n) is 5.43. The van der Waals surface area contributed by atoms with Crippen molar-refractivity contribution in [2.75, 3.05) is 5.32 Å². The summed E-state index contributed by atoms with van der Waals surface area (Å²) < 4.78 is 5.68. The summed E-state index contributed by atoms with van der Waals surface area (Å²) in [6.07, 6.45) is 1.03. The van der Waals surface area contributed by atoms with E-state index < -0.39 is 0 Å². The van der Waals surface area contributed by atoms with Crippen molar-refractivity contribution in [1.82, 2.24) is 5.32 Å². The summed E-state index contributed by atoms with van der Waals surface area (Å²) in [7, 11) is 0. The van der Waals surface area contributed by atoms with Gasteiger partial charge in [0.15, 0.2) is 5.11 Å². The Balaban J connectivity index is 1.97. The second-order valence-corrected chi connectivity index (χ2v) is 5.83. The third kappa shape index (κ3) is 5.30. The number of ether oxygens (including phenoxy) is 1. The molecule has 2 aromatic rings. The molecule has 0 heterocycles. The highest BCUT2D eigenvalue weighted by molar-refractivity contribution is 7.80. The fourth-order valence-corrected chi connectivity index (χ4v) is 2.22. The Kier molecular flexibility index (Phi) is 6.49. The molecule has 0 aliphatic carbocycles. The molecule has 0 saturated heterocycles. The number of carbonyl (C=O) groups excluding carboxylic acids is 1. The molecule has 0 fully saturated rings. The third-order valence-electron chi connectivity index (χ3n) is 3.55. The van der Waals surface area contributed by atoms with Crippen molar-refractivity contribution in [3.8, 4) is 11.8 Å². The van der Waals surface area contributed by atoms with E-state index in [4.69, 9.17) is 22.2 Å². The first-order valence-corrected chi connectivity index (χ1v) is 8.32. The first-order valence-electron chi connectivity index (χ1n) is 7.91. The summed E-state index contributed by atoms with van der Waals surface area (Å²) >= 11 is 5.14. The molecule has 2 rings (SSSR count). The quantitative estimate of drug-likeness (QED) is 0.799. The van der Waals surface area contributed by atoms with Crippen molar-refractivity contribution in [2.24, 2.45) is 0 Å². The number of amides is 1. The number of nitrogens with one attached hydrogen (secondary N) is 2. The summed E-state index contributed by atoms with van der Waals surface area (Å²) in [4.78, 5) is 12.2. The lowest BCUT2D eigenvalue weighted by Gasteiger charge is -2.13. The maximum atomic E-state index is 12.2. The van der Waals surface area contributed by atoms with E-state index in [1.54, 1.807) is 48.5 Å². The van der Waals surface area contributed by atoms with Gasteiger partial charge in [0.05, 0.1) is 17.4 Å². The Morgan fingerprint density at radius 1 is 1.24 bits per heavy atom. The van der Waals surface area contributed by atoms with Crippen LogP contribution in [0.3, 0.4) is 0 Å².